The molecule has 7 nitrogen and oxygen atoms in total. The minimum atomic E-state index is -0.665. The molecule has 0 aliphatic heterocycles. The highest BCUT2D eigenvalue weighted by atomic mass is 16.6. The lowest BCUT2D eigenvalue weighted by molar-refractivity contribution is -0.150. The molecule has 0 saturated heterocycles. The third-order valence-electron chi connectivity index (χ3n) is 4.17. The van der Waals surface area contributed by atoms with Gasteiger partial charge in [-0.2, -0.15) is 5.10 Å². The van der Waals surface area contributed by atoms with Crippen LogP contribution in [0.4, 0.5) is 0 Å². The van der Waals surface area contributed by atoms with E-state index in [1.165, 1.54) is 0 Å². The number of hydrogen-bond acceptors (Lipinski definition) is 6. The molecule has 0 bridgehead atoms. The Morgan fingerprint density at radius 1 is 0.774 bits per heavy atom. The van der Waals surface area contributed by atoms with Crippen molar-refractivity contribution in [3.8, 4) is 11.5 Å². The van der Waals surface area contributed by atoms with Crippen molar-refractivity contribution in [2.75, 3.05) is 20.3 Å². The summed E-state index contributed by atoms with van der Waals surface area (Å²) < 4.78 is 15.3. The highest BCUT2D eigenvalue weighted by Gasteiger charge is 2.10. The largest absolute Gasteiger partial charge is 0.497 e. The average Bonchev–Trinajstić information content (AvgIpc) is 2.83. The molecule has 1 N–H and O–H groups in total. The molecule has 0 radical (unpaired) electrons. The molecule has 0 aromatic heterocycles. The second-order valence-electron chi connectivity index (χ2n) is 6.35. The zero-order valence-electron chi connectivity index (χ0n) is 17.0. The summed E-state index contributed by atoms with van der Waals surface area (Å²) >= 11 is 0. The van der Waals surface area contributed by atoms with Gasteiger partial charge in [0.2, 0.25) is 0 Å². The van der Waals surface area contributed by atoms with Gasteiger partial charge in [-0.25, -0.2) is 10.2 Å². The smallest absolute Gasteiger partial charge is 0.344 e. The highest BCUT2D eigenvalue weighted by Crippen LogP contribution is 2.16. The van der Waals surface area contributed by atoms with E-state index >= 15 is 0 Å². The molecule has 3 aromatic carbocycles. The van der Waals surface area contributed by atoms with Gasteiger partial charge in [-0.3, -0.25) is 4.79 Å². The molecule has 0 aliphatic rings. The predicted molar refractivity (Wildman–Crippen MR) is 116 cm³/mol. The molecule has 0 unspecified atom stereocenters. The Balaban J connectivity index is 1.52. The third kappa shape index (κ3) is 6.71. The topological polar surface area (TPSA) is 86.2 Å². The fraction of sp³-hybridized carbons (Fsp3) is 0.125. The van der Waals surface area contributed by atoms with Crippen LogP contribution in [0.15, 0.2) is 90.0 Å². The van der Waals surface area contributed by atoms with E-state index in [1.54, 1.807) is 31.4 Å². The fourth-order valence-corrected chi connectivity index (χ4v) is 2.64. The van der Waals surface area contributed by atoms with E-state index in [1.807, 2.05) is 60.7 Å². The number of amides is 1. The van der Waals surface area contributed by atoms with Gasteiger partial charge in [-0.05, 0) is 24.3 Å². The van der Waals surface area contributed by atoms with E-state index in [0.29, 0.717) is 17.2 Å². The Kier molecular flexibility index (Phi) is 7.77. The Morgan fingerprint density at radius 2 is 1.32 bits per heavy atom. The maximum Gasteiger partial charge on any atom is 0.344 e. The molecule has 31 heavy (non-hydrogen) atoms. The van der Waals surface area contributed by atoms with Crippen LogP contribution in [0.1, 0.15) is 11.1 Å². The third-order valence-corrected chi connectivity index (χ3v) is 4.17. The second kappa shape index (κ2) is 11.2. The summed E-state index contributed by atoms with van der Waals surface area (Å²) in [5.74, 6) is -0.0526. The van der Waals surface area contributed by atoms with Crippen molar-refractivity contribution < 1.29 is 23.8 Å². The molecule has 0 atom stereocenters. The number of nitrogens with zero attached hydrogens (tertiary/aromatic N) is 1. The van der Waals surface area contributed by atoms with Crippen LogP contribution in [0.3, 0.4) is 0 Å². The number of ether oxygens (including phenoxy) is 3. The minimum Gasteiger partial charge on any atom is -0.497 e. The molecule has 7 heteroatoms. The van der Waals surface area contributed by atoms with Crippen LogP contribution in [0, 0.1) is 0 Å². The molecule has 158 valence electrons. The quantitative estimate of drug-likeness (QED) is 0.328. The minimum absolute atomic E-state index is 0.317. The Labute approximate surface area is 180 Å². The number of benzene rings is 3. The number of carbonyl (C=O) groups excluding carboxylic acids is 2. The molecule has 0 aliphatic carbocycles. The monoisotopic (exact) mass is 418 g/mol. The number of hydrazone groups is 1. The van der Waals surface area contributed by atoms with Crippen molar-refractivity contribution in [1.29, 1.82) is 0 Å². The normalized spacial score (nSPS) is 9.97. The second-order valence-corrected chi connectivity index (χ2v) is 6.35. The first-order chi connectivity index (χ1) is 15.2. The summed E-state index contributed by atoms with van der Waals surface area (Å²) in [5, 5.41) is 4.23. The van der Waals surface area contributed by atoms with Gasteiger partial charge in [0.25, 0.3) is 5.91 Å². The average molecular weight is 418 g/mol. The maximum absolute atomic E-state index is 12.1. The summed E-state index contributed by atoms with van der Waals surface area (Å²) in [4.78, 5) is 23.9. The van der Waals surface area contributed by atoms with E-state index in [-0.39, 0.29) is 6.61 Å². The van der Waals surface area contributed by atoms with Crippen LogP contribution in [0.2, 0.25) is 0 Å². The van der Waals surface area contributed by atoms with E-state index < -0.39 is 18.5 Å². The van der Waals surface area contributed by atoms with Crippen LogP contribution in [0.5, 0.6) is 11.5 Å². The molecule has 0 spiro atoms. The van der Waals surface area contributed by atoms with E-state index in [4.69, 9.17) is 14.2 Å². The molecule has 3 rings (SSSR count). The van der Waals surface area contributed by atoms with E-state index in [2.05, 4.69) is 10.5 Å². The number of methoxy groups -OCH3 is 1. The van der Waals surface area contributed by atoms with Crippen molar-refractivity contribution in [3.63, 3.8) is 0 Å². The van der Waals surface area contributed by atoms with Crippen LogP contribution in [-0.4, -0.2) is 37.9 Å². The van der Waals surface area contributed by atoms with Gasteiger partial charge in [0, 0.05) is 11.1 Å². The Morgan fingerprint density at radius 3 is 1.87 bits per heavy atom. The summed E-state index contributed by atoms with van der Waals surface area (Å²) in [6.45, 7) is -0.784. The van der Waals surface area contributed by atoms with Gasteiger partial charge in [0.15, 0.2) is 13.2 Å². The zero-order chi connectivity index (χ0) is 21.9. The first-order valence-corrected chi connectivity index (χ1v) is 9.55. The van der Waals surface area contributed by atoms with Crippen LogP contribution < -0.4 is 14.9 Å². The SMILES string of the molecule is COc1ccc(OCC(=O)OCC(=O)NN=C(c2ccccc2)c2ccccc2)cc1. The number of esters is 1. The Bertz CT molecular complexity index is 977. The number of rotatable bonds is 9. The number of nitrogens with one attached hydrogen (secondary N) is 1. The number of hydrogen-bond donors (Lipinski definition) is 1. The van der Waals surface area contributed by atoms with Crippen molar-refractivity contribution in [3.05, 3.63) is 96.1 Å². The molecule has 0 fully saturated rings. The van der Waals surface area contributed by atoms with Gasteiger partial charge < -0.3 is 14.2 Å². The number of carbonyl (C=O) groups is 2. The van der Waals surface area contributed by atoms with Crippen LogP contribution >= 0.6 is 0 Å². The van der Waals surface area contributed by atoms with Crippen molar-refractivity contribution in [2.45, 2.75) is 0 Å². The lowest BCUT2D eigenvalue weighted by Crippen LogP contribution is -2.27. The Hall–Kier alpha value is -4.13. The first kappa shape index (κ1) is 21.6. The molecular formula is C24H22N2O5. The van der Waals surface area contributed by atoms with E-state index in [0.717, 1.165) is 11.1 Å². The highest BCUT2D eigenvalue weighted by molar-refractivity contribution is 6.13. The maximum atomic E-state index is 12.1. The summed E-state index contributed by atoms with van der Waals surface area (Å²) in [5.41, 5.74) is 4.73. The lowest BCUT2D eigenvalue weighted by Gasteiger charge is -2.09. The van der Waals surface area contributed by atoms with Crippen LogP contribution in [-0.2, 0) is 14.3 Å². The van der Waals surface area contributed by atoms with Gasteiger partial charge in [0.05, 0.1) is 12.8 Å². The molecule has 0 saturated carbocycles. The van der Waals surface area contributed by atoms with Gasteiger partial charge in [-0.15, -0.1) is 0 Å². The summed E-state index contributed by atoms with van der Waals surface area (Å²) in [7, 11) is 1.56. The zero-order valence-corrected chi connectivity index (χ0v) is 17.0. The van der Waals surface area contributed by atoms with E-state index in [9.17, 15) is 9.59 Å². The summed E-state index contributed by atoms with van der Waals surface area (Å²) in [6, 6.07) is 25.7. The van der Waals surface area contributed by atoms with Gasteiger partial charge >= 0.3 is 5.97 Å². The van der Waals surface area contributed by atoms with Crippen molar-refractivity contribution in [2.24, 2.45) is 5.10 Å². The fourth-order valence-electron chi connectivity index (χ4n) is 2.64. The molecule has 1 amide bonds. The molecule has 0 heterocycles. The van der Waals surface area contributed by atoms with Crippen molar-refractivity contribution in [1.82, 2.24) is 5.43 Å². The first-order valence-electron chi connectivity index (χ1n) is 9.55. The molecule has 3 aromatic rings. The van der Waals surface area contributed by atoms with Gasteiger partial charge in [0.1, 0.15) is 11.5 Å². The van der Waals surface area contributed by atoms with Crippen molar-refractivity contribution >= 4 is 17.6 Å². The summed E-state index contributed by atoms with van der Waals surface area (Å²) in [6.07, 6.45) is 0. The predicted octanol–water partition coefficient (Wildman–Crippen LogP) is 3.19. The lowest BCUT2D eigenvalue weighted by atomic mass is 10.0. The molecular weight excluding hydrogens is 396 g/mol. The van der Waals surface area contributed by atoms with Crippen LogP contribution in [0.25, 0.3) is 0 Å². The van der Waals surface area contributed by atoms with Gasteiger partial charge in [-0.1, -0.05) is 60.7 Å². The standard InChI is InChI=1S/C24H22N2O5/c1-29-20-12-14-21(15-13-20)30-17-23(28)31-16-22(27)25-26-24(18-8-4-2-5-9-18)19-10-6-3-7-11-19/h2-15H,16-17H2,1H3,(H,25,27).